The highest BCUT2D eigenvalue weighted by molar-refractivity contribution is 6.13. The van der Waals surface area contributed by atoms with Crippen LogP contribution in [0.25, 0.3) is 0 Å². The molecule has 140 valence electrons. The maximum atomic E-state index is 6.04. The third-order valence-corrected chi connectivity index (χ3v) is 5.61. The van der Waals surface area contributed by atoms with Crippen LogP contribution in [0.5, 0.6) is 5.88 Å². The third kappa shape index (κ3) is 3.27. The molecule has 0 amide bonds. The van der Waals surface area contributed by atoms with Crippen LogP contribution >= 0.6 is 0 Å². The Labute approximate surface area is 159 Å². The molecule has 0 unspecified atom stereocenters. The fourth-order valence-electron chi connectivity index (χ4n) is 3.52. The lowest BCUT2D eigenvalue weighted by Crippen LogP contribution is -2.44. The highest BCUT2D eigenvalue weighted by Crippen LogP contribution is 2.39. The van der Waals surface area contributed by atoms with E-state index in [0.717, 1.165) is 67.5 Å². The van der Waals surface area contributed by atoms with Crippen LogP contribution < -0.4 is 9.64 Å². The van der Waals surface area contributed by atoms with Gasteiger partial charge >= 0.3 is 0 Å². The van der Waals surface area contributed by atoms with Crippen LogP contribution in [-0.2, 0) is 6.54 Å². The van der Waals surface area contributed by atoms with Crippen molar-refractivity contribution in [2.24, 2.45) is 4.99 Å². The minimum absolute atomic E-state index is 0.0410. The smallest absolute Gasteiger partial charge is 0.214 e. The second-order valence-electron chi connectivity index (χ2n) is 7.93. The molecule has 0 N–H and O–H groups in total. The Hall–Kier alpha value is -2.54. The lowest BCUT2D eigenvalue weighted by Gasteiger charge is -2.33. The van der Waals surface area contributed by atoms with E-state index in [9.17, 15) is 0 Å². The molecule has 0 spiro atoms. The predicted octanol–water partition coefficient (Wildman–Crippen LogP) is 1.91. The number of aliphatic imine (C=N–C) groups is 1. The van der Waals surface area contributed by atoms with Crippen LogP contribution in [0.4, 0.5) is 5.82 Å². The van der Waals surface area contributed by atoms with Crippen molar-refractivity contribution in [2.45, 2.75) is 31.9 Å². The van der Waals surface area contributed by atoms with Gasteiger partial charge in [0.2, 0.25) is 5.88 Å². The van der Waals surface area contributed by atoms with E-state index in [1.165, 1.54) is 0 Å². The van der Waals surface area contributed by atoms with Gasteiger partial charge in [0, 0.05) is 43.9 Å². The molecule has 3 aliphatic rings. The first-order valence-electron chi connectivity index (χ1n) is 9.59. The lowest BCUT2D eigenvalue weighted by atomic mass is 10.1. The molecule has 0 bridgehead atoms. The van der Waals surface area contributed by atoms with Gasteiger partial charge < -0.3 is 14.5 Å². The van der Waals surface area contributed by atoms with E-state index in [2.05, 4.69) is 39.8 Å². The SMILES string of the molecule is CN1CCN(c2cc(C3=NCc4ccc(OC5(C)CC5)nc43)ncn2)CC1. The molecule has 27 heavy (non-hydrogen) atoms. The summed E-state index contributed by atoms with van der Waals surface area (Å²) in [6, 6.07) is 6.07. The second kappa shape index (κ2) is 6.27. The lowest BCUT2D eigenvalue weighted by molar-refractivity contribution is 0.191. The van der Waals surface area contributed by atoms with Gasteiger partial charge in [-0.15, -0.1) is 0 Å². The predicted molar refractivity (Wildman–Crippen MR) is 104 cm³/mol. The maximum absolute atomic E-state index is 6.04. The summed E-state index contributed by atoms with van der Waals surface area (Å²) in [7, 11) is 2.15. The van der Waals surface area contributed by atoms with Crippen molar-refractivity contribution in [2.75, 3.05) is 38.1 Å². The maximum Gasteiger partial charge on any atom is 0.214 e. The van der Waals surface area contributed by atoms with Gasteiger partial charge in [-0.3, -0.25) is 4.99 Å². The van der Waals surface area contributed by atoms with Crippen molar-refractivity contribution in [3.05, 3.63) is 41.5 Å². The Bertz CT molecular complexity index is 899. The molecule has 5 rings (SSSR count). The summed E-state index contributed by atoms with van der Waals surface area (Å²) >= 11 is 0. The number of likely N-dealkylation sites (N-methyl/N-ethyl adjacent to an activating group) is 1. The largest absolute Gasteiger partial charge is 0.471 e. The molecule has 7 nitrogen and oxygen atoms in total. The van der Waals surface area contributed by atoms with Crippen LogP contribution in [0.15, 0.2) is 29.5 Å². The second-order valence-corrected chi connectivity index (χ2v) is 7.93. The van der Waals surface area contributed by atoms with E-state index in [1.807, 2.05) is 12.1 Å². The van der Waals surface area contributed by atoms with Crippen LogP contribution in [0.1, 0.15) is 36.7 Å². The van der Waals surface area contributed by atoms with E-state index in [0.29, 0.717) is 12.4 Å². The van der Waals surface area contributed by atoms with Crippen molar-refractivity contribution in [3.8, 4) is 5.88 Å². The van der Waals surface area contributed by atoms with Crippen LogP contribution in [0.3, 0.4) is 0 Å². The molecule has 2 aliphatic heterocycles. The van der Waals surface area contributed by atoms with E-state index in [-0.39, 0.29) is 5.60 Å². The number of anilines is 1. The highest BCUT2D eigenvalue weighted by atomic mass is 16.5. The standard InChI is InChI=1S/C20H24N6O/c1-20(5-6-20)27-17-4-3-14-12-21-19(18(14)24-17)15-11-16(23-13-22-15)26-9-7-25(2)8-10-26/h3-4,11,13H,5-10,12H2,1-2H3. The van der Waals surface area contributed by atoms with Gasteiger partial charge in [0.25, 0.3) is 0 Å². The van der Waals surface area contributed by atoms with Crippen molar-refractivity contribution < 1.29 is 4.74 Å². The Morgan fingerprint density at radius 1 is 1.07 bits per heavy atom. The Kier molecular flexibility index (Phi) is 3.86. The minimum atomic E-state index is -0.0410. The van der Waals surface area contributed by atoms with Crippen molar-refractivity contribution in [1.29, 1.82) is 0 Å². The minimum Gasteiger partial charge on any atom is -0.471 e. The van der Waals surface area contributed by atoms with Crippen molar-refractivity contribution in [1.82, 2.24) is 19.9 Å². The van der Waals surface area contributed by atoms with E-state index < -0.39 is 0 Å². The van der Waals surface area contributed by atoms with Gasteiger partial charge in [-0.2, -0.15) is 0 Å². The van der Waals surface area contributed by atoms with Crippen LogP contribution in [-0.4, -0.2) is 64.4 Å². The van der Waals surface area contributed by atoms with Gasteiger partial charge in [-0.1, -0.05) is 0 Å². The molecule has 0 radical (unpaired) electrons. The molecular formula is C20H24N6O. The zero-order chi connectivity index (χ0) is 18.4. The van der Waals surface area contributed by atoms with Crippen molar-refractivity contribution >= 4 is 11.5 Å². The molecule has 4 heterocycles. The highest BCUT2D eigenvalue weighted by Gasteiger charge is 2.40. The molecule has 2 aromatic rings. The first-order valence-corrected chi connectivity index (χ1v) is 9.59. The average molecular weight is 364 g/mol. The van der Waals surface area contributed by atoms with E-state index >= 15 is 0 Å². The summed E-state index contributed by atoms with van der Waals surface area (Å²) in [4.78, 5) is 23.1. The molecule has 2 aromatic heterocycles. The zero-order valence-corrected chi connectivity index (χ0v) is 15.9. The molecule has 7 heteroatoms. The monoisotopic (exact) mass is 364 g/mol. The van der Waals surface area contributed by atoms with E-state index in [4.69, 9.17) is 14.7 Å². The van der Waals surface area contributed by atoms with Gasteiger partial charge in [0.05, 0.1) is 17.9 Å². The van der Waals surface area contributed by atoms with Gasteiger partial charge in [-0.05, 0) is 32.9 Å². The number of piperazine rings is 1. The molecule has 1 aliphatic carbocycles. The van der Waals surface area contributed by atoms with Crippen LogP contribution in [0, 0.1) is 0 Å². The fourth-order valence-corrected chi connectivity index (χ4v) is 3.52. The van der Waals surface area contributed by atoms with E-state index in [1.54, 1.807) is 6.33 Å². The number of hydrogen-bond donors (Lipinski definition) is 0. The number of ether oxygens (including phenoxy) is 1. The summed E-state index contributed by atoms with van der Waals surface area (Å²) < 4.78 is 6.04. The summed E-state index contributed by atoms with van der Waals surface area (Å²) in [6.07, 6.45) is 3.81. The topological polar surface area (TPSA) is 66.7 Å². The Morgan fingerprint density at radius 2 is 1.89 bits per heavy atom. The summed E-state index contributed by atoms with van der Waals surface area (Å²) in [5, 5.41) is 0. The van der Waals surface area contributed by atoms with Gasteiger partial charge in [-0.25, -0.2) is 15.0 Å². The molecule has 2 fully saturated rings. The number of pyridine rings is 1. The normalized spacial score (nSPS) is 21.0. The Morgan fingerprint density at radius 3 is 2.67 bits per heavy atom. The van der Waals surface area contributed by atoms with Gasteiger partial charge in [0.15, 0.2) is 0 Å². The third-order valence-electron chi connectivity index (χ3n) is 5.61. The first kappa shape index (κ1) is 16.6. The van der Waals surface area contributed by atoms with Gasteiger partial charge in [0.1, 0.15) is 23.5 Å². The first-order chi connectivity index (χ1) is 13.1. The molecule has 0 aromatic carbocycles. The fraction of sp³-hybridized carbons (Fsp3) is 0.500. The molecule has 1 saturated carbocycles. The summed E-state index contributed by atoms with van der Waals surface area (Å²) in [5.41, 5.74) is 3.65. The zero-order valence-electron chi connectivity index (χ0n) is 15.9. The van der Waals surface area contributed by atoms with Crippen molar-refractivity contribution in [3.63, 3.8) is 0 Å². The molecule has 0 atom stereocenters. The number of fused-ring (bicyclic) bond motifs is 1. The summed E-state index contributed by atoms with van der Waals surface area (Å²) in [6.45, 7) is 6.82. The number of aromatic nitrogens is 3. The quantitative estimate of drug-likeness (QED) is 0.826. The number of hydrogen-bond acceptors (Lipinski definition) is 7. The van der Waals surface area contributed by atoms with Crippen LogP contribution in [0.2, 0.25) is 0 Å². The number of nitrogens with zero attached hydrogens (tertiary/aromatic N) is 6. The molecule has 1 saturated heterocycles. The average Bonchev–Trinajstić information content (AvgIpc) is 3.25. The Balaban J connectivity index is 1.42. The summed E-state index contributed by atoms with van der Waals surface area (Å²) in [5.74, 6) is 1.64. The number of rotatable bonds is 4. The molecular weight excluding hydrogens is 340 g/mol.